The van der Waals surface area contributed by atoms with Gasteiger partial charge < -0.3 is 5.32 Å². The van der Waals surface area contributed by atoms with E-state index in [0.717, 1.165) is 34.5 Å². The van der Waals surface area contributed by atoms with Crippen LogP contribution in [0.2, 0.25) is 0 Å². The van der Waals surface area contributed by atoms with Gasteiger partial charge in [-0.2, -0.15) is 0 Å². The number of halogens is 1. The fraction of sp³-hybridized carbons (Fsp3) is 0.346. The van der Waals surface area contributed by atoms with Gasteiger partial charge in [-0.05, 0) is 41.1 Å². The number of benzene rings is 2. The van der Waals surface area contributed by atoms with Crippen LogP contribution >= 0.6 is 22.6 Å². The van der Waals surface area contributed by atoms with Crippen LogP contribution in [-0.2, 0) is 4.79 Å². The summed E-state index contributed by atoms with van der Waals surface area (Å²) in [5.74, 6) is 5.85. The minimum Gasteiger partial charge on any atom is -0.345 e. The van der Waals surface area contributed by atoms with Crippen molar-refractivity contribution in [2.24, 2.45) is 0 Å². The van der Waals surface area contributed by atoms with Gasteiger partial charge in [-0.15, -0.1) is 0 Å². The molecule has 1 amide bonds. The third-order valence-electron chi connectivity index (χ3n) is 4.47. The highest BCUT2D eigenvalue weighted by Crippen LogP contribution is 2.08. The van der Waals surface area contributed by atoms with E-state index in [1.165, 1.54) is 25.7 Å². The van der Waals surface area contributed by atoms with Crippen LogP contribution in [0.15, 0.2) is 48.5 Å². The molecule has 2 rings (SSSR count). The van der Waals surface area contributed by atoms with Gasteiger partial charge in [0.1, 0.15) is 0 Å². The molecule has 0 bridgehead atoms. The maximum atomic E-state index is 11.6. The Morgan fingerprint density at radius 2 is 1.52 bits per heavy atom. The second-order valence-electron chi connectivity index (χ2n) is 6.94. The van der Waals surface area contributed by atoms with E-state index in [9.17, 15) is 14.4 Å². The molecule has 0 radical (unpaired) electrons. The van der Waals surface area contributed by atoms with Gasteiger partial charge in [-0.3, -0.25) is 14.4 Å². The lowest BCUT2D eigenvalue weighted by Gasteiger charge is -2.01. The summed E-state index contributed by atoms with van der Waals surface area (Å²) in [6.45, 7) is 2.52. The Morgan fingerprint density at radius 1 is 0.903 bits per heavy atom. The number of aldehydes is 2. The molecule has 0 heterocycles. The Hall–Kier alpha value is -2.46. The summed E-state index contributed by atoms with van der Waals surface area (Å²) in [6, 6.07) is 14.6. The topological polar surface area (TPSA) is 63.2 Å². The average Bonchev–Trinajstić information content (AvgIpc) is 2.80. The molecule has 5 heteroatoms. The smallest absolute Gasteiger partial charge is 0.220 e. The van der Waals surface area contributed by atoms with Crippen molar-refractivity contribution in [3.05, 3.63) is 68.8 Å². The Balaban J connectivity index is 0.000000442. The fourth-order valence-electron chi connectivity index (χ4n) is 2.72. The molecule has 31 heavy (non-hydrogen) atoms. The molecule has 0 unspecified atom stereocenters. The average molecular weight is 531 g/mol. The van der Waals surface area contributed by atoms with E-state index in [0.29, 0.717) is 24.1 Å². The maximum Gasteiger partial charge on any atom is 0.220 e. The summed E-state index contributed by atoms with van der Waals surface area (Å²) in [5.41, 5.74) is 2.04. The molecule has 0 aliphatic heterocycles. The second kappa shape index (κ2) is 17.2. The summed E-state index contributed by atoms with van der Waals surface area (Å²) < 4.78 is 1.00. The molecule has 0 atom stereocenters. The Kier molecular flexibility index (Phi) is 14.8. The van der Waals surface area contributed by atoms with Gasteiger partial charge in [-0.1, -0.05) is 87.3 Å². The lowest BCUT2D eigenvalue weighted by Crippen LogP contribution is -2.23. The number of hydrogen-bond donors (Lipinski definition) is 1. The van der Waals surface area contributed by atoms with Crippen LogP contribution in [0.4, 0.5) is 0 Å². The van der Waals surface area contributed by atoms with E-state index >= 15 is 0 Å². The van der Waals surface area contributed by atoms with Gasteiger partial charge >= 0.3 is 0 Å². The lowest BCUT2D eigenvalue weighted by atomic mass is 10.1. The Labute approximate surface area is 199 Å². The van der Waals surface area contributed by atoms with Crippen molar-refractivity contribution in [1.29, 1.82) is 0 Å². The third kappa shape index (κ3) is 12.1. The van der Waals surface area contributed by atoms with E-state index in [4.69, 9.17) is 0 Å². The van der Waals surface area contributed by atoms with Gasteiger partial charge in [0.25, 0.3) is 0 Å². The number of nitrogens with one attached hydrogen (secondary N) is 1. The molecule has 164 valence electrons. The molecule has 1 N–H and O–H groups in total. The van der Waals surface area contributed by atoms with Crippen molar-refractivity contribution in [3.63, 3.8) is 0 Å². The highest BCUT2D eigenvalue weighted by atomic mass is 127. The SMILES string of the molecule is CCCCCCCCC(=O)NCC#Cc1ccccc1C=O.O=Cc1ccccc1I. The molecule has 0 saturated heterocycles. The molecule has 0 aliphatic carbocycles. The number of rotatable bonds is 10. The molecule has 2 aromatic rings. The van der Waals surface area contributed by atoms with E-state index < -0.39 is 0 Å². The first kappa shape index (κ1) is 26.6. The first-order chi connectivity index (χ1) is 15.1. The zero-order valence-electron chi connectivity index (χ0n) is 18.0. The first-order valence-corrected chi connectivity index (χ1v) is 11.7. The molecule has 0 saturated carbocycles. The highest BCUT2D eigenvalue weighted by molar-refractivity contribution is 14.1. The largest absolute Gasteiger partial charge is 0.345 e. The Bertz CT molecular complexity index is 883. The molecule has 2 aromatic carbocycles. The number of unbranched alkanes of at least 4 members (excludes halogenated alkanes) is 5. The van der Waals surface area contributed by atoms with Crippen molar-refractivity contribution in [1.82, 2.24) is 5.32 Å². The number of carbonyl (C=O) groups excluding carboxylic acids is 3. The van der Waals surface area contributed by atoms with Crippen LogP contribution in [-0.4, -0.2) is 25.0 Å². The number of amides is 1. The van der Waals surface area contributed by atoms with Crippen LogP contribution < -0.4 is 5.32 Å². The fourth-order valence-corrected chi connectivity index (χ4v) is 3.24. The van der Waals surface area contributed by atoms with Crippen LogP contribution in [0.3, 0.4) is 0 Å². The highest BCUT2D eigenvalue weighted by Gasteiger charge is 1.99. The molecule has 0 aromatic heterocycles. The summed E-state index contributed by atoms with van der Waals surface area (Å²) in [7, 11) is 0. The first-order valence-electron chi connectivity index (χ1n) is 10.6. The molecular weight excluding hydrogens is 501 g/mol. The van der Waals surface area contributed by atoms with Crippen LogP contribution in [0, 0.1) is 15.4 Å². The monoisotopic (exact) mass is 531 g/mol. The molecule has 0 fully saturated rings. The van der Waals surface area contributed by atoms with E-state index in [1.54, 1.807) is 24.3 Å². The maximum absolute atomic E-state index is 11.6. The van der Waals surface area contributed by atoms with E-state index in [2.05, 4.69) is 46.7 Å². The quantitative estimate of drug-likeness (QED) is 0.182. The minimum absolute atomic E-state index is 0.0495. The van der Waals surface area contributed by atoms with Gasteiger partial charge in [0.2, 0.25) is 5.91 Å². The predicted molar refractivity (Wildman–Crippen MR) is 134 cm³/mol. The normalized spacial score (nSPS) is 9.48. The van der Waals surface area contributed by atoms with Gasteiger partial charge in [0, 0.05) is 26.7 Å². The van der Waals surface area contributed by atoms with Crippen LogP contribution in [0.5, 0.6) is 0 Å². The summed E-state index contributed by atoms with van der Waals surface area (Å²) in [5, 5.41) is 2.79. The zero-order chi connectivity index (χ0) is 22.7. The van der Waals surface area contributed by atoms with Crippen LogP contribution in [0.25, 0.3) is 0 Å². The van der Waals surface area contributed by atoms with Crippen molar-refractivity contribution in [2.45, 2.75) is 51.9 Å². The van der Waals surface area contributed by atoms with E-state index in [-0.39, 0.29) is 5.91 Å². The van der Waals surface area contributed by atoms with Gasteiger partial charge in [0.05, 0.1) is 6.54 Å². The van der Waals surface area contributed by atoms with Crippen LogP contribution in [0.1, 0.15) is 78.1 Å². The molecule has 0 aliphatic rings. The summed E-state index contributed by atoms with van der Waals surface area (Å²) in [6.07, 6.45) is 9.28. The van der Waals surface area contributed by atoms with E-state index in [1.807, 2.05) is 24.3 Å². The van der Waals surface area contributed by atoms with Gasteiger partial charge in [0.15, 0.2) is 12.6 Å². The molecule has 4 nitrogen and oxygen atoms in total. The minimum atomic E-state index is 0.0495. The summed E-state index contributed by atoms with van der Waals surface area (Å²) in [4.78, 5) is 32.7. The lowest BCUT2D eigenvalue weighted by molar-refractivity contribution is -0.120. The second-order valence-corrected chi connectivity index (χ2v) is 8.10. The molecular formula is C26H30INO3. The van der Waals surface area contributed by atoms with Gasteiger partial charge in [-0.25, -0.2) is 0 Å². The van der Waals surface area contributed by atoms with Crippen molar-refractivity contribution in [2.75, 3.05) is 6.54 Å². The summed E-state index contributed by atoms with van der Waals surface area (Å²) >= 11 is 2.13. The van der Waals surface area contributed by atoms with Crippen molar-refractivity contribution < 1.29 is 14.4 Å². The number of hydrogen-bond acceptors (Lipinski definition) is 3. The van der Waals surface area contributed by atoms with Crippen molar-refractivity contribution >= 4 is 41.1 Å². The number of carbonyl (C=O) groups is 3. The Morgan fingerprint density at radius 3 is 2.16 bits per heavy atom. The zero-order valence-corrected chi connectivity index (χ0v) is 20.2. The standard InChI is InChI=1S/C19H25NO2.C7H5IO/c1-2-3-4-5-6-7-14-19(22)20-15-10-13-17-11-8-9-12-18(17)16-21;8-7-4-2-1-3-6(7)5-9/h8-9,11-12,16H,2-7,14-15H2,1H3,(H,20,22);1-5H. The predicted octanol–water partition coefficient (Wildman–Crippen LogP) is 5.82. The van der Waals surface area contributed by atoms with Crippen molar-refractivity contribution in [3.8, 4) is 11.8 Å². The molecule has 0 spiro atoms. The third-order valence-corrected chi connectivity index (χ3v) is 5.46.